The van der Waals surface area contributed by atoms with E-state index < -0.39 is 5.69 Å². The van der Waals surface area contributed by atoms with E-state index in [0.717, 1.165) is 12.8 Å². The van der Waals surface area contributed by atoms with Crippen LogP contribution in [0.15, 0.2) is 23.3 Å². The number of carbonyl (C=O) groups excluding carboxylic acids is 1. The van der Waals surface area contributed by atoms with Crippen LogP contribution < -0.4 is 5.69 Å². The molecule has 1 aromatic heterocycles. The summed E-state index contributed by atoms with van der Waals surface area (Å²) in [5.74, 6) is -0.169. The third-order valence-electron chi connectivity index (χ3n) is 3.13. The summed E-state index contributed by atoms with van der Waals surface area (Å²) in [6.07, 6.45) is 4.58. The van der Waals surface area contributed by atoms with Crippen LogP contribution in [-0.4, -0.2) is 44.7 Å². The second-order valence-corrected chi connectivity index (χ2v) is 4.31. The van der Waals surface area contributed by atoms with E-state index in [0.29, 0.717) is 6.54 Å². The number of hydrogen-bond donors (Lipinski definition) is 1. The number of aromatic nitrogens is 2. The molecule has 0 spiro atoms. The highest BCUT2D eigenvalue weighted by Gasteiger charge is 2.20. The lowest BCUT2D eigenvalue weighted by Gasteiger charge is -2.30. The first-order valence-corrected chi connectivity index (χ1v) is 6.55. The zero-order valence-corrected chi connectivity index (χ0v) is 11.5. The highest BCUT2D eigenvalue weighted by atomic mass is 16.3. The van der Waals surface area contributed by atoms with Crippen LogP contribution in [0.4, 0.5) is 0 Å². The normalized spacial score (nSPS) is 10.7. The molecule has 0 unspecified atom stereocenters. The van der Waals surface area contributed by atoms with Gasteiger partial charge in [0.2, 0.25) is 5.91 Å². The Morgan fingerprint density at radius 3 is 2.68 bits per heavy atom. The van der Waals surface area contributed by atoms with E-state index in [1.54, 1.807) is 11.0 Å². The van der Waals surface area contributed by atoms with E-state index in [-0.39, 0.29) is 25.1 Å². The third kappa shape index (κ3) is 4.17. The van der Waals surface area contributed by atoms with Crippen molar-refractivity contribution in [2.24, 2.45) is 0 Å². The van der Waals surface area contributed by atoms with Crippen LogP contribution >= 0.6 is 0 Å². The molecule has 0 bridgehead atoms. The monoisotopic (exact) mass is 267 g/mol. The molecule has 6 nitrogen and oxygen atoms in total. The summed E-state index contributed by atoms with van der Waals surface area (Å²) in [6, 6.07) is 1.70. The van der Waals surface area contributed by atoms with E-state index in [2.05, 4.69) is 4.98 Å². The average Bonchev–Trinajstić information content (AvgIpc) is 2.41. The lowest BCUT2D eigenvalue weighted by atomic mass is 10.1. The molecule has 0 atom stereocenters. The van der Waals surface area contributed by atoms with Gasteiger partial charge in [-0.2, -0.15) is 0 Å². The molecule has 0 radical (unpaired) electrons. The van der Waals surface area contributed by atoms with Crippen LogP contribution in [0.25, 0.3) is 0 Å². The molecule has 0 aliphatic heterocycles. The fourth-order valence-corrected chi connectivity index (χ4v) is 2.09. The number of rotatable bonds is 7. The highest BCUT2D eigenvalue weighted by Crippen LogP contribution is 2.09. The molecule has 1 amide bonds. The van der Waals surface area contributed by atoms with E-state index >= 15 is 0 Å². The van der Waals surface area contributed by atoms with Gasteiger partial charge in [-0.15, -0.1) is 0 Å². The summed E-state index contributed by atoms with van der Waals surface area (Å²) in [7, 11) is 0. The minimum absolute atomic E-state index is 0.0385. The Kier molecular flexibility index (Phi) is 6.21. The van der Waals surface area contributed by atoms with Crippen molar-refractivity contribution in [3.8, 4) is 0 Å². The Balaban J connectivity index is 2.83. The summed E-state index contributed by atoms with van der Waals surface area (Å²) >= 11 is 0. The van der Waals surface area contributed by atoms with Crippen LogP contribution in [0.2, 0.25) is 0 Å². The lowest BCUT2D eigenvalue weighted by Crippen LogP contribution is -2.44. The topological polar surface area (TPSA) is 75.4 Å². The van der Waals surface area contributed by atoms with Gasteiger partial charge in [-0.05, 0) is 18.9 Å². The fraction of sp³-hybridized carbons (Fsp3) is 0.615. The second kappa shape index (κ2) is 7.68. The molecule has 0 saturated heterocycles. The molecule has 6 heteroatoms. The van der Waals surface area contributed by atoms with Gasteiger partial charge in [0, 0.05) is 25.0 Å². The summed E-state index contributed by atoms with van der Waals surface area (Å²) < 4.78 is 1.27. The molecule has 1 aromatic rings. The van der Waals surface area contributed by atoms with Crippen LogP contribution in [0, 0.1) is 0 Å². The van der Waals surface area contributed by atoms with E-state index in [4.69, 9.17) is 5.11 Å². The van der Waals surface area contributed by atoms with Gasteiger partial charge in [0.05, 0.1) is 6.61 Å². The highest BCUT2D eigenvalue weighted by molar-refractivity contribution is 5.76. The Hall–Kier alpha value is -1.69. The van der Waals surface area contributed by atoms with E-state index in [1.165, 1.54) is 17.0 Å². The standard InChI is InChI=1S/C13H21N3O3/c1-3-11(4-2)16(8-9-17)12(18)10-15-7-5-6-14-13(15)19/h5-7,11,17H,3-4,8-10H2,1-2H3. The van der Waals surface area contributed by atoms with Crippen molar-refractivity contribution in [3.05, 3.63) is 28.9 Å². The largest absolute Gasteiger partial charge is 0.395 e. The molecular weight excluding hydrogens is 246 g/mol. The maximum absolute atomic E-state index is 12.2. The first-order valence-electron chi connectivity index (χ1n) is 6.55. The molecule has 19 heavy (non-hydrogen) atoms. The Bertz CT molecular complexity index is 454. The van der Waals surface area contributed by atoms with Crippen LogP contribution in [0.3, 0.4) is 0 Å². The van der Waals surface area contributed by atoms with Crippen molar-refractivity contribution in [3.63, 3.8) is 0 Å². The molecule has 1 heterocycles. The smallest absolute Gasteiger partial charge is 0.347 e. The van der Waals surface area contributed by atoms with Crippen LogP contribution in [-0.2, 0) is 11.3 Å². The zero-order valence-electron chi connectivity index (χ0n) is 11.5. The van der Waals surface area contributed by atoms with Gasteiger partial charge in [0.25, 0.3) is 0 Å². The summed E-state index contributed by atoms with van der Waals surface area (Å²) in [6.45, 7) is 4.18. The zero-order chi connectivity index (χ0) is 14.3. The van der Waals surface area contributed by atoms with Crippen molar-refractivity contribution < 1.29 is 9.90 Å². The minimum Gasteiger partial charge on any atom is -0.395 e. The van der Waals surface area contributed by atoms with Crippen molar-refractivity contribution in [2.45, 2.75) is 39.3 Å². The average molecular weight is 267 g/mol. The van der Waals surface area contributed by atoms with Crippen LogP contribution in [0.5, 0.6) is 0 Å². The van der Waals surface area contributed by atoms with Gasteiger partial charge < -0.3 is 10.0 Å². The summed E-state index contributed by atoms with van der Waals surface area (Å²) in [4.78, 5) is 29.0. The molecule has 0 aliphatic rings. The third-order valence-corrected chi connectivity index (χ3v) is 3.13. The second-order valence-electron chi connectivity index (χ2n) is 4.31. The van der Waals surface area contributed by atoms with E-state index in [1.807, 2.05) is 13.8 Å². The number of aliphatic hydroxyl groups is 1. The van der Waals surface area contributed by atoms with Gasteiger partial charge in [0.1, 0.15) is 6.54 Å². The van der Waals surface area contributed by atoms with Gasteiger partial charge in [-0.25, -0.2) is 9.78 Å². The summed E-state index contributed by atoms with van der Waals surface area (Å²) in [5, 5.41) is 9.07. The first-order chi connectivity index (χ1) is 9.13. The van der Waals surface area contributed by atoms with E-state index in [9.17, 15) is 9.59 Å². The SMILES string of the molecule is CCC(CC)N(CCO)C(=O)Cn1cccnc1=O. The predicted molar refractivity (Wildman–Crippen MR) is 71.7 cm³/mol. The first kappa shape index (κ1) is 15.4. The number of hydrogen-bond acceptors (Lipinski definition) is 4. The Labute approximate surface area is 112 Å². The molecule has 106 valence electrons. The maximum atomic E-state index is 12.2. The Morgan fingerprint density at radius 1 is 1.47 bits per heavy atom. The quantitative estimate of drug-likeness (QED) is 0.768. The molecule has 1 N–H and O–H groups in total. The number of nitrogens with zero attached hydrogens (tertiary/aromatic N) is 3. The predicted octanol–water partition coefficient (Wildman–Crippen LogP) is 0.253. The number of amides is 1. The van der Waals surface area contributed by atoms with Gasteiger partial charge >= 0.3 is 5.69 Å². The van der Waals surface area contributed by atoms with Crippen molar-refractivity contribution in [1.29, 1.82) is 0 Å². The molecule has 0 aliphatic carbocycles. The molecule has 1 rings (SSSR count). The molecule has 0 fully saturated rings. The maximum Gasteiger partial charge on any atom is 0.347 e. The number of aliphatic hydroxyl groups excluding tert-OH is 1. The van der Waals surface area contributed by atoms with Crippen molar-refractivity contribution in [2.75, 3.05) is 13.2 Å². The van der Waals surface area contributed by atoms with Crippen molar-refractivity contribution in [1.82, 2.24) is 14.5 Å². The Morgan fingerprint density at radius 2 is 2.16 bits per heavy atom. The molecular formula is C13H21N3O3. The number of carbonyl (C=O) groups is 1. The fourth-order valence-electron chi connectivity index (χ4n) is 2.09. The van der Waals surface area contributed by atoms with Gasteiger partial charge in [0.15, 0.2) is 0 Å². The van der Waals surface area contributed by atoms with Gasteiger partial charge in [-0.1, -0.05) is 13.8 Å². The van der Waals surface area contributed by atoms with Crippen LogP contribution in [0.1, 0.15) is 26.7 Å². The molecule has 0 saturated carbocycles. The lowest BCUT2D eigenvalue weighted by molar-refractivity contribution is -0.135. The van der Waals surface area contributed by atoms with Crippen molar-refractivity contribution >= 4 is 5.91 Å². The summed E-state index contributed by atoms with van der Waals surface area (Å²) in [5.41, 5.74) is -0.440. The van der Waals surface area contributed by atoms with Gasteiger partial charge in [-0.3, -0.25) is 9.36 Å². The minimum atomic E-state index is -0.440. The molecule has 0 aromatic carbocycles.